The number of aromatic nitrogens is 4. The van der Waals surface area contributed by atoms with Gasteiger partial charge in [0.1, 0.15) is 5.82 Å². The topological polar surface area (TPSA) is 67.2 Å². The fraction of sp³-hybridized carbons (Fsp3) is 0.300. The fourth-order valence-corrected chi connectivity index (χ4v) is 5.56. The highest BCUT2D eigenvalue weighted by Gasteiger charge is 2.31. The number of amides is 1. The predicted molar refractivity (Wildman–Crippen MR) is 117 cm³/mol. The Morgan fingerprint density at radius 3 is 2.87 bits per heavy atom. The van der Waals surface area contributed by atoms with Gasteiger partial charge >= 0.3 is 0 Å². The third-order valence-corrected chi connectivity index (χ3v) is 7.25. The van der Waals surface area contributed by atoms with E-state index in [0.717, 1.165) is 58.6 Å². The first-order valence-corrected chi connectivity index (χ1v) is 11.2. The second-order valence-corrected chi connectivity index (χ2v) is 9.38. The zero-order valence-electron chi connectivity index (χ0n) is 15.9. The minimum Gasteiger partial charge on any atom is -0.355 e. The van der Waals surface area contributed by atoms with Gasteiger partial charge in [-0.1, -0.05) is 11.6 Å². The lowest BCUT2D eigenvalue weighted by molar-refractivity contribution is -0.118. The van der Waals surface area contributed by atoms with E-state index in [1.165, 1.54) is 0 Å². The Labute approximate surface area is 188 Å². The molecular formula is C20H18Cl2N6OS. The molecule has 0 saturated carbocycles. The Morgan fingerprint density at radius 2 is 2.10 bits per heavy atom. The largest absolute Gasteiger partial charge is 0.355 e. The number of nitrogens with zero attached hydrogens (tertiary/aromatic N) is 6. The number of anilines is 1. The molecule has 0 bridgehead atoms. The van der Waals surface area contributed by atoms with Crippen molar-refractivity contribution >= 4 is 47.2 Å². The van der Waals surface area contributed by atoms with Gasteiger partial charge < -0.3 is 9.80 Å². The number of thioether (sulfide) groups is 1. The van der Waals surface area contributed by atoms with Crippen molar-refractivity contribution in [3.8, 4) is 5.69 Å². The average molecular weight is 461 g/mol. The van der Waals surface area contributed by atoms with E-state index in [9.17, 15) is 4.79 Å². The molecule has 1 amide bonds. The van der Waals surface area contributed by atoms with Crippen LogP contribution in [0.5, 0.6) is 0 Å². The molecule has 1 atom stereocenters. The summed E-state index contributed by atoms with van der Waals surface area (Å²) in [7, 11) is 0. The molecule has 3 aromatic rings. The van der Waals surface area contributed by atoms with Crippen LogP contribution in [0.1, 0.15) is 17.7 Å². The lowest BCUT2D eigenvalue weighted by Gasteiger charge is -2.20. The van der Waals surface area contributed by atoms with E-state index in [4.69, 9.17) is 23.2 Å². The van der Waals surface area contributed by atoms with Crippen LogP contribution >= 0.6 is 35.0 Å². The van der Waals surface area contributed by atoms with E-state index in [-0.39, 0.29) is 5.28 Å². The van der Waals surface area contributed by atoms with Crippen LogP contribution in [0.2, 0.25) is 10.3 Å². The van der Waals surface area contributed by atoms with Gasteiger partial charge in [-0.2, -0.15) is 5.10 Å². The van der Waals surface area contributed by atoms with E-state index < -0.39 is 0 Å². The zero-order chi connectivity index (χ0) is 20.7. The highest BCUT2D eigenvalue weighted by atomic mass is 35.5. The van der Waals surface area contributed by atoms with Gasteiger partial charge in [-0.15, -0.1) is 11.8 Å². The molecule has 2 aliphatic heterocycles. The first-order valence-electron chi connectivity index (χ1n) is 9.56. The summed E-state index contributed by atoms with van der Waals surface area (Å²) in [6.07, 6.45) is 5.49. The molecule has 154 valence electrons. The maximum absolute atomic E-state index is 11.2. The second kappa shape index (κ2) is 8.09. The lowest BCUT2D eigenvalue weighted by atomic mass is 10.2. The lowest BCUT2D eigenvalue weighted by Crippen LogP contribution is -2.23. The molecule has 1 unspecified atom stereocenters. The quantitative estimate of drug-likeness (QED) is 0.425. The van der Waals surface area contributed by atoms with Crippen molar-refractivity contribution in [1.82, 2.24) is 24.6 Å². The molecule has 30 heavy (non-hydrogen) atoms. The van der Waals surface area contributed by atoms with Crippen LogP contribution in [0, 0.1) is 0 Å². The van der Waals surface area contributed by atoms with Crippen molar-refractivity contribution in [2.24, 2.45) is 0 Å². The molecule has 1 saturated heterocycles. The van der Waals surface area contributed by atoms with Gasteiger partial charge in [-0.3, -0.25) is 4.79 Å². The summed E-state index contributed by atoms with van der Waals surface area (Å²) >= 11 is 14.5. The Bertz CT molecular complexity index is 1090. The van der Waals surface area contributed by atoms with Crippen LogP contribution in [-0.2, 0) is 17.9 Å². The SMILES string of the molecule is O=CN1Cc2nc(Cl)nc(N3CCC(Sc4ccc(-n5cccn5)cc4Cl)C3)c2C1. The summed E-state index contributed by atoms with van der Waals surface area (Å²) < 4.78 is 1.79. The molecule has 2 aromatic heterocycles. The molecule has 1 fully saturated rings. The maximum Gasteiger partial charge on any atom is 0.224 e. The Balaban J connectivity index is 1.31. The minimum absolute atomic E-state index is 0.227. The molecule has 10 heteroatoms. The van der Waals surface area contributed by atoms with E-state index >= 15 is 0 Å². The van der Waals surface area contributed by atoms with Crippen molar-refractivity contribution in [3.05, 3.63) is 58.2 Å². The highest BCUT2D eigenvalue weighted by Crippen LogP contribution is 2.38. The van der Waals surface area contributed by atoms with Crippen LogP contribution in [0.25, 0.3) is 5.69 Å². The Kier molecular flexibility index (Phi) is 5.30. The van der Waals surface area contributed by atoms with Gasteiger partial charge in [0, 0.05) is 41.2 Å². The molecule has 1 aromatic carbocycles. The molecule has 5 rings (SSSR count). The number of halogens is 2. The Hall–Kier alpha value is -2.29. The summed E-state index contributed by atoms with van der Waals surface area (Å²) in [4.78, 5) is 25.0. The van der Waals surface area contributed by atoms with Gasteiger partial charge in [-0.05, 0) is 42.3 Å². The number of fused-ring (bicyclic) bond motifs is 1. The van der Waals surface area contributed by atoms with Gasteiger partial charge in [0.2, 0.25) is 11.7 Å². The van der Waals surface area contributed by atoms with E-state index in [2.05, 4.69) is 20.0 Å². The van der Waals surface area contributed by atoms with Crippen molar-refractivity contribution in [3.63, 3.8) is 0 Å². The van der Waals surface area contributed by atoms with Crippen LogP contribution in [-0.4, -0.2) is 49.4 Å². The predicted octanol–water partition coefficient (Wildman–Crippen LogP) is 3.81. The summed E-state index contributed by atoms with van der Waals surface area (Å²) in [5.41, 5.74) is 2.78. The highest BCUT2D eigenvalue weighted by molar-refractivity contribution is 8.00. The monoisotopic (exact) mass is 460 g/mol. The molecule has 2 aliphatic rings. The van der Waals surface area contributed by atoms with Crippen molar-refractivity contribution in [2.45, 2.75) is 29.7 Å². The number of rotatable bonds is 5. The van der Waals surface area contributed by atoms with E-state index in [0.29, 0.717) is 18.3 Å². The van der Waals surface area contributed by atoms with E-state index in [1.807, 2.05) is 30.5 Å². The van der Waals surface area contributed by atoms with Crippen LogP contribution in [0.15, 0.2) is 41.6 Å². The number of carbonyl (C=O) groups is 1. The molecule has 0 aliphatic carbocycles. The fourth-order valence-electron chi connectivity index (χ4n) is 3.91. The standard InChI is InChI=1S/C20H18Cl2N6OS/c21-16-8-13(28-6-1-5-23-28)2-3-18(16)30-14-4-7-27(9-14)19-15-10-26(12-29)11-17(15)24-20(22)25-19/h1-3,5-6,8,12,14H,4,7,9-11H2. The van der Waals surface area contributed by atoms with Crippen LogP contribution in [0.4, 0.5) is 5.82 Å². The maximum atomic E-state index is 11.2. The van der Waals surface area contributed by atoms with Crippen LogP contribution < -0.4 is 4.90 Å². The van der Waals surface area contributed by atoms with Gasteiger partial charge in [0.15, 0.2) is 0 Å². The van der Waals surface area contributed by atoms with Crippen molar-refractivity contribution < 1.29 is 4.79 Å². The second-order valence-electron chi connectivity index (χ2n) is 7.29. The molecule has 4 heterocycles. The molecular weight excluding hydrogens is 443 g/mol. The van der Waals surface area contributed by atoms with Crippen molar-refractivity contribution in [1.29, 1.82) is 0 Å². The van der Waals surface area contributed by atoms with Crippen LogP contribution in [0.3, 0.4) is 0 Å². The smallest absolute Gasteiger partial charge is 0.224 e. The van der Waals surface area contributed by atoms with E-state index in [1.54, 1.807) is 27.5 Å². The Morgan fingerprint density at radius 1 is 1.20 bits per heavy atom. The third-order valence-electron chi connectivity index (χ3n) is 5.33. The number of hydrogen-bond acceptors (Lipinski definition) is 6. The number of benzene rings is 1. The average Bonchev–Trinajstić information content (AvgIpc) is 3.49. The summed E-state index contributed by atoms with van der Waals surface area (Å²) in [5, 5.41) is 5.58. The first-order chi connectivity index (χ1) is 14.6. The molecule has 0 N–H and O–H groups in total. The number of hydrogen-bond donors (Lipinski definition) is 0. The third kappa shape index (κ3) is 3.75. The van der Waals surface area contributed by atoms with Gasteiger partial charge in [0.25, 0.3) is 0 Å². The van der Waals surface area contributed by atoms with Crippen molar-refractivity contribution in [2.75, 3.05) is 18.0 Å². The summed E-state index contributed by atoms with van der Waals surface area (Å²) in [5.74, 6) is 0.845. The molecule has 0 spiro atoms. The first kappa shape index (κ1) is 19.7. The normalized spacial score (nSPS) is 18.1. The minimum atomic E-state index is 0.227. The van der Waals surface area contributed by atoms with Gasteiger partial charge in [0.05, 0.1) is 29.5 Å². The molecule has 0 radical (unpaired) electrons. The molecule has 7 nitrogen and oxygen atoms in total. The number of carbonyl (C=O) groups excluding carboxylic acids is 1. The summed E-state index contributed by atoms with van der Waals surface area (Å²) in [6, 6.07) is 7.90. The summed E-state index contributed by atoms with van der Waals surface area (Å²) in [6.45, 7) is 2.73. The zero-order valence-corrected chi connectivity index (χ0v) is 18.2. The van der Waals surface area contributed by atoms with Gasteiger partial charge in [-0.25, -0.2) is 14.6 Å².